The summed E-state index contributed by atoms with van der Waals surface area (Å²) in [6.07, 6.45) is 1.14. The van der Waals surface area contributed by atoms with Crippen LogP contribution in [0.1, 0.15) is 35.7 Å². The van der Waals surface area contributed by atoms with Crippen LogP contribution in [0.2, 0.25) is 0 Å². The number of carbonyl (C=O) groups is 2. The van der Waals surface area contributed by atoms with Crippen molar-refractivity contribution in [2.75, 3.05) is 6.54 Å². The van der Waals surface area contributed by atoms with E-state index in [2.05, 4.69) is 4.90 Å². The maximum atomic E-state index is 14.0. The van der Waals surface area contributed by atoms with E-state index in [1.165, 1.54) is 6.07 Å². The number of hydrogen-bond acceptors (Lipinski definition) is 3. The van der Waals surface area contributed by atoms with Gasteiger partial charge in [0.2, 0.25) is 5.91 Å². The van der Waals surface area contributed by atoms with Crippen molar-refractivity contribution < 1.29 is 19.1 Å². The summed E-state index contributed by atoms with van der Waals surface area (Å²) in [4.78, 5) is 24.1. The molecule has 0 saturated carbocycles. The van der Waals surface area contributed by atoms with Crippen LogP contribution in [0.15, 0.2) is 18.2 Å². The molecule has 1 aromatic rings. The Morgan fingerprint density at radius 3 is 2.71 bits per heavy atom. The van der Waals surface area contributed by atoms with Crippen molar-refractivity contribution >= 4 is 11.9 Å². The lowest BCUT2D eigenvalue weighted by molar-refractivity contribution is -0.144. The summed E-state index contributed by atoms with van der Waals surface area (Å²) < 4.78 is 14.0. The topological polar surface area (TPSA) is 83.6 Å². The van der Waals surface area contributed by atoms with Crippen molar-refractivity contribution in [2.45, 2.75) is 32.4 Å². The molecule has 0 aromatic heterocycles. The maximum absolute atomic E-state index is 14.0. The molecule has 1 aliphatic rings. The van der Waals surface area contributed by atoms with Crippen LogP contribution in [0.4, 0.5) is 4.39 Å². The average Bonchev–Trinajstić information content (AvgIpc) is 2.42. The molecule has 0 radical (unpaired) electrons. The van der Waals surface area contributed by atoms with Crippen LogP contribution in [-0.4, -0.2) is 34.5 Å². The largest absolute Gasteiger partial charge is 0.481 e. The van der Waals surface area contributed by atoms with E-state index in [0.29, 0.717) is 31.5 Å². The number of carbonyl (C=O) groups excluding carboxylic acids is 1. The summed E-state index contributed by atoms with van der Waals surface area (Å²) in [5.74, 6) is -2.20. The molecular formula is C15H19FN2O3. The molecule has 1 heterocycles. The van der Waals surface area contributed by atoms with Gasteiger partial charge >= 0.3 is 5.97 Å². The Kier molecular flexibility index (Phi) is 4.57. The number of piperidine rings is 1. The van der Waals surface area contributed by atoms with Gasteiger partial charge in [-0.3, -0.25) is 14.5 Å². The highest BCUT2D eigenvalue weighted by Gasteiger charge is 2.29. The minimum absolute atomic E-state index is 0.0788. The van der Waals surface area contributed by atoms with Gasteiger partial charge in [0.1, 0.15) is 5.82 Å². The van der Waals surface area contributed by atoms with E-state index in [1.54, 1.807) is 6.07 Å². The number of benzene rings is 1. The first-order chi connectivity index (χ1) is 9.88. The number of aliphatic carboxylic acids is 1. The molecule has 6 heteroatoms. The predicted molar refractivity (Wildman–Crippen MR) is 75.1 cm³/mol. The molecule has 0 spiro atoms. The molecule has 5 nitrogen and oxygen atoms in total. The number of amides is 1. The second-order valence-corrected chi connectivity index (χ2v) is 5.55. The standard InChI is InChI=1S/C15H19FN2O3/c1-9-6-11(15(20)21)4-5-18(9)8-12-3-2-10(14(17)19)7-13(12)16/h2-3,7,9,11H,4-6,8H2,1H3,(H2,17,19)(H,20,21). The minimum Gasteiger partial charge on any atom is -0.481 e. The number of primary amides is 1. The van der Waals surface area contributed by atoms with Crippen LogP contribution in [0.5, 0.6) is 0 Å². The van der Waals surface area contributed by atoms with Crippen molar-refractivity contribution in [1.82, 2.24) is 4.90 Å². The van der Waals surface area contributed by atoms with Crippen LogP contribution < -0.4 is 5.73 Å². The molecule has 3 N–H and O–H groups in total. The van der Waals surface area contributed by atoms with Gasteiger partial charge in [0.15, 0.2) is 0 Å². The quantitative estimate of drug-likeness (QED) is 0.883. The second-order valence-electron chi connectivity index (χ2n) is 5.55. The molecule has 1 saturated heterocycles. The normalized spacial score (nSPS) is 23.0. The lowest BCUT2D eigenvalue weighted by Crippen LogP contribution is -2.42. The zero-order valence-corrected chi connectivity index (χ0v) is 11.9. The summed E-state index contributed by atoms with van der Waals surface area (Å²) in [6, 6.07) is 4.29. The van der Waals surface area contributed by atoms with Crippen LogP contribution in [0.25, 0.3) is 0 Å². The SMILES string of the molecule is CC1CC(C(=O)O)CCN1Cc1ccc(C(N)=O)cc1F. The fourth-order valence-corrected chi connectivity index (χ4v) is 2.73. The molecule has 2 atom stereocenters. The van der Waals surface area contributed by atoms with Crippen LogP contribution in [0, 0.1) is 11.7 Å². The molecule has 21 heavy (non-hydrogen) atoms. The number of carboxylic acid groups (broad SMARTS) is 1. The Morgan fingerprint density at radius 2 is 2.19 bits per heavy atom. The Labute approximate surface area is 122 Å². The highest BCUT2D eigenvalue weighted by atomic mass is 19.1. The van der Waals surface area contributed by atoms with E-state index in [-0.39, 0.29) is 17.5 Å². The number of rotatable bonds is 4. The zero-order chi connectivity index (χ0) is 15.6. The first-order valence-corrected chi connectivity index (χ1v) is 6.93. The first-order valence-electron chi connectivity index (χ1n) is 6.93. The zero-order valence-electron chi connectivity index (χ0n) is 11.9. The molecule has 0 bridgehead atoms. The summed E-state index contributed by atoms with van der Waals surface area (Å²) in [6.45, 7) is 2.97. The number of halogens is 1. The summed E-state index contributed by atoms with van der Waals surface area (Å²) in [5.41, 5.74) is 5.74. The first kappa shape index (κ1) is 15.4. The Balaban J connectivity index is 2.05. The molecule has 1 aromatic carbocycles. The lowest BCUT2D eigenvalue weighted by Gasteiger charge is -2.36. The van der Waals surface area contributed by atoms with Crippen LogP contribution >= 0.6 is 0 Å². The number of likely N-dealkylation sites (tertiary alicyclic amines) is 1. The van der Waals surface area contributed by atoms with E-state index in [1.807, 2.05) is 6.92 Å². The molecule has 1 fully saturated rings. The van der Waals surface area contributed by atoms with Crippen molar-refractivity contribution in [1.29, 1.82) is 0 Å². The molecule has 1 aliphatic heterocycles. The van der Waals surface area contributed by atoms with Gasteiger partial charge in [0.25, 0.3) is 0 Å². The molecular weight excluding hydrogens is 275 g/mol. The van der Waals surface area contributed by atoms with E-state index in [4.69, 9.17) is 10.8 Å². The van der Waals surface area contributed by atoms with Crippen LogP contribution in [0.3, 0.4) is 0 Å². The van der Waals surface area contributed by atoms with Crippen molar-refractivity contribution in [2.24, 2.45) is 11.7 Å². The van der Waals surface area contributed by atoms with Gasteiger partial charge in [-0.05, 0) is 38.4 Å². The summed E-state index contributed by atoms with van der Waals surface area (Å²) in [5, 5.41) is 9.04. The Morgan fingerprint density at radius 1 is 1.48 bits per heavy atom. The lowest BCUT2D eigenvalue weighted by atomic mass is 9.91. The van der Waals surface area contributed by atoms with Gasteiger partial charge in [0, 0.05) is 23.7 Å². The van der Waals surface area contributed by atoms with Crippen molar-refractivity contribution in [3.63, 3.8) is 0 Å². The fraction of sp³-hybridized carbons (Fsp3) is 0.467. The van der Waals surface area contributed by atoms with Crippen molar-refractivity contribution in [3.8, 4) is 0 Å². The van der Waals surface area contributed by atoms with Crippen LogP contribution in [-0.2, 0) is 11.3 Å². The third-order valence-corrected chi connectivity index (χ3v) is 4.07. The second kappa shape index (κ2) is 6.22. The molecule has 0 aliphatic carbocycles. The van der Waals surface area contributed by atoms with Gasteiger partial charge < -0.3 is 10.8 Å². The predicted octanol–water partition coefficient (Wildman–Crippen LogP) is 1.61. The molecule has 2 rings (SSSR count). The third-order valence-electron chi connectivity index (χ3n) is 4.07. The number of carboxylic acids is 1. The smallest absolute Gasteiger partial charge is 0.306 e. The van der Waals surface area contributed by atoms with Gasteiger partial charge in [0.05, 0.1) is 5.92 Å². The fourth-order valence-electron chi connectivity index (χ4n) is 2.73. The van der Waals surface area contributed by atoms with E-state index < -0.39 is 17.7 Å². The Bertz CT molecular complexity index is 562. The van der Waals surface area contributed by atoms with E-state index in [0.717, 1.165) is 6.07 Å². The third kappa shape index (κ3) is 3.58. The summed E-state index contributed by atoms with van der Waals surface area (Å²) >= 11 is 0. The maximum Gasteiger partial charge on any atom is 0.306 e. The van der Waals surface area contributed by atoms with E-state index >= 15 is 0 Å². The average molecular weight is 294 g/mol. The molecule has 2 unspecified atom stereocenters. The molecule has 114 valence electrons. The summed E-state index contributed by atoms with van der Waals surface area (Å²) in [7, 11) is 0. The van der Waals surface area contributed by atoms with Crippen molar-refractivity contribution in [3.05, 3.63) is 35.1 Å². The molecule has 1 amide bonds. The Hall–Kier alpha value is -1.95. The monoisotopic (exact) mass is 294 g/mol. The van der Waals surface area contributed by atoms with Gasteiger partial charge in [-0.25, -0.2) is 4.39 Å². The number of hydrogen-bond donors (Lipinski definition) is 2. The number of nitrogens with two attached hydrogens (primary N) is 1. The number of nitrogens with zero attached hydrogens (tertiary/aromatic N) is 1. The van der Waals surface area contributed by atoms with Gasteiger partial charge in [-0.2, -0.15) is 0 Å². The highest BCUT2D eigenvalue weighted by molar-refractivity contribution is 5.92. The van der Waals surface area contributed by atoms with Gasteiger partial charge in [-0.15, -0.1) is 0 Å². The van der Waals surface area contributed by atoms with E-state index in [9.17, 15) is 14.0 Å². The van der Waals surface area contributed by atoms with Gasteiger partial charge in [-0.1, -0.05) is 6.07 Å². The minimum atomic E-state index is -0.765. The highest BCUT2D eigenvalue weighted by Crippen LogP contribution is 2.25.